The summed E-state index contributed by atoms with van der Waals surface area (Å²) in [4.78, 5) is 17.8. The molecule has 38 heavy (non-hydrogen) atoms. The number of hydrazine groups is 1. The quantitative estimate of drug-likeness (QED) is 0.254. The predicted octanol–water partition coefficient (Wildman–Crippen LogP) is 6.22. The van der Waals surface area contributed by atoms with E-state index in [-0.39, 0.29) is 35.2 Å². The zero-order chi connectivity index (χ0) is 26.6. The zero-order valence-electron chi connectivity index (χ0n) is 19.8. The minimum absolute atomic E-state index is 0.0838. The lowest BCUT2D eigenvalue weighted by atomic mass is 9.75. The van der Waals surface area contributed by atoms with Gasteiger partial charge in [-0.15, -0.1) is 0 Å². The van der Waals surface area contributed by atoms with Crippen molar-refractivity contribution in [2.24, 2.45) is 0 Å². The van der Waals surface area contributed by atoms with Gasteiger partial charge >= 0.3 is 0 Å². The van der Waals surface area contributed by atoms with Crippen LogP contribution in [0.4, 0.5) is 27.6 Å². The molecule has 5 nitrogen and oxygen atoms in total. The van der Waals surface area contributed by atoms with Crippen molar-refractivity contribution < 1.29 is 31.5 Å². The molecule has 1 aromatic heterocycles. The summed E-state index contributed by atoms with van der Waals surface area (Å²) in [5.41, 5.74) is 2.89. The van der Waals surface area contributed by atoms with Crippen molar-refractivity contribution in [1.82, 2.24) is 10.4 Å². The first kappa shape index (κ1) is 24.1. The van der Waals surface area contributed by atoms with Crippen molar-refractivity contribution in [3.63, 3.8) is 0 Å². The second-order valence-corrected chi connectivity index (χ2v) is 9.33. The summed E-state index contributed by atoms with van der Waals surface area (Å²) >= 11 is 0. The number of nitrogens with zero attached hydrogens (tertiary/aromatic N) is 2. The fourth-order valence-corrected chi connectivity index (χ4v) is 5.13. The van der Waals surface area contributed by atoms with Gasteiger partial charge in [-0.1, -0.05) is 12.1 Å². The highest BCUT2D eigenvalue weighted by molar-refractivity contribution is 6.04. The molecule has 4 aromatic rings. The van der Waals surface area contributed by atoms with Crippen molar-refractivity contribution in [3.8, 4) is 16.9 Å². The first-order chi connectivity index (χ1) is 18.3. The Labute approximate surface area is 213 Å². The Hall–Kier alpha value is -4.21. The summed E-state index contributed by atoms with van der Waals surface area (Å²) in [7, 11) is 0. The van der Waals surface area contributed by atoms with E-state index < -0.39 is 46.5 Å². The van der Waals surface area contributed by atoms with Crippen LogP contribution in [0.15, 0.2) is 54.7 Å². The summed E-state index contributed by atoms with van der Waals surface area (Å²) in [5, 5.41) is 1.91. The van der Waals surface area contributed by atoms with E-state index in [2.05, 4.69) is 10.4 Å². The molecule has 1 aliphatic carbocycles. The Morgan fingerprint density at radius 2 is 1.82 bits per heavy atom. The minimum Gasteiger partial charge on any atom is -0.489 e. The van der Waals surface area contributed by atoms with Crippen LogP contribution < -0.4 is 15.2 Å². The molecule has 2 aliphatic rings. The van der Waals surface area contributed by atoms with Crippen molar-refractivity contribution >= 4 is 22.5 Å². The fraction of sp³-hybridized carbons (Fsp3) is 0.214. The van der Waals surface area contributed by atoms with Gasteiger partial charge < -0.3 is 4.74 Å². The lowest BCUT2D eigenvalue weighted by molar-refractivity contribution is 0.0940. The summed E-state index contributed by atoms with van der Waals surface area (Å²) in [6.45, 7) is 0.708. The monoisotopic (exact) mass is 525 g/mol. The number of nitrogens with one attached hydrogen (secondary N) is 1. The van der Waals surface area contributed by atoms with Crippen LogP contribution in [0.2, 0.25) is 0 Å². The number of para-hydroxylation sites is 2. The van der Waals surface area contributed by atoms with Crippen LogP contribution in [-0.4, -0.2) is 30.2 Å². The van der Waals surface area contributed by atoms with E-state index in [1.165, 1.54) is 12.3 Å². The zero-order valence-corrected chi connectivity index (χ0v) is 19.8. The van der Waals surface area contributed by atoms with E-state index in [1.807, 2.05) is 6.07 Å². The summed E-state index contributed by atoms with van der Waals surface area (Å²) in [5.74, 6) is -5.25. The van der Waals surface area contributed by atoms with E-state index in [0.717, 1.165) is 6.07 Å². The van der Waals surface area contributed by atoms with E-state index in [4.69, 9.17) is 4.74 Å². The number of alkyl halides is 1. The second-order valence-electron chi connectivity index (χ2n) is 9.33. The minimum atomic E-state index is -1.47. The Balaban J connectivity index is 1.48. The Morgan fingerprint density at radius 3 is 2.61 bits per heavy atom. The molecule has 3 aromatic carbocycles. The van der Waals surface area contributed by atoms with Gasteiger partial charge in [0.15, 0.2) is 11.6 Å². The largest absolute Gasteiger partial charge is 0.489 e. The Morgan fingerprint density at radius 1 is 1.03 bits per heavy atom. The maximum absolute atomic E-state index is 15.0. The predicted molar refractivity (Wildman–Crippen MR) is 131 cm³/mol. The number of anilines is 1. The average molecular weight is 525 g/mol. The van der Waals surface area contributed by atoms with Gasteiger partial charge in [-0.3, -0.25) is 20.2 Å². The van der Waals surface area contributed by atoms with E-state index in [9.17, 15) is 22.4 Å². The van der Waals surface area contributed by atoms with E-state index >= 15 is 4.39 Å². The highest BCUT2D eigenvalue weighted by Gasteiger charge is 2.35. The third-order valence-electron chi connectivity index (χ3n) is 6.99. The standard InChI is InChI=1S/C28H20F5N3O2/c29-15-9-14(10-15)24-17-5-6-20(31)25(18-11-16(30)12-21(32)26(18)33)27(17)34-13-19(24)28(37)35-36-7-8-38-23-4-2-1-3-22(23)36/h1-6,11-15H,7-10H2,(H,35,37). The van der Waals surface area contributed by atoms with Gasteiger partial charge in [0, 0.05) is 28.8 Å². The Kier molecular flexibility index (Phi) is 5.89. The Bertz CT molecular complexity index is 1590. The molecule has 6 rings (SSSR count). The number of rotatable bonds is 4. The van der Waals surface area contributed by atoms with Crippen molar-refractivity contribution in [3.05, 3.63) is 89.1 Å². The number of hydrogen-bond acceptors (Lipinski definition) is 4. The summed E-state index contributed by atoms with van der Waals surface area (Å²) in [6.07, 6.45) is 0.409. The van der Waals surface area contributed by atoms with Crippen molar-refractivity contribution in [2.75, 3.05) is 18.2 Å². The maximum Gasteiger partial charge on any atom is 0.271 e. The van der Waals surface area contributed by atoms with Gasteiger partial charge in [-0.2, -0.15) is 0 Å². The highest BCUT2D eigenvalue weighted by Crippen LogP contribution is 2.45. The molecule has 0 unspecified atom stereocenters. The molecule has 0 saturated heterocycles. The number of amides is 1. The van der Waals surface area contributed by atoms with Gasteiger partial charge in [-0.05, 0) is 54.7 Å². The van der Waals surface area contributed by atoms with Crippen molar-refractivity contribution in [2.45, 2.75) is 24.9 Å². The third-order valence-corrected chi connectivity index (χ3v) is 6.99. The molecule has 194 valence electrons. The molecule has 1 amide bonds. The number of fused-ring (bicyclic) bond motifs is 2. The summed E-state index contributed by atoms with van der Waals surface area (Å²) < 4.78 is 77.3. The highest BCUT2D eigenvalue weighted by atomic mass is 19.2. The number of pyridine rings is 1. The molecule has 0 atom stereocenters. The molecular formula is C28H20F5N3O2. The topological polar surface area (TPSA) is 54.5 Å². The molecule has 10 heteroatoms. The molecule has 2 heterocycles. The third kappa shape index (κ3) is 4.00. The number of benzene rings is 3. The molecular weight excluding hydrogens is 505 g/mol. The smallest absolute Gasteiger partial charge is 0.271 e. The SMILES string of the molecule is O=C(NN1CCOc2ccccc21)c1cnc2c(-c3cc(F)cc(F)c3F)c(F)ccc2c1C1CC(F)C1. The first-order valence-electron chi connectivity index (χ1n) is 12.0. The lowest BCUT2D eigenvalue weighted by Crippen LogP contribution is -2.47. The van der Waals surface area contributed by atoms with E-state index in [1.54, 1.807) is 23.2 Å². The molecule has 0 radical (unpaired) electrons. The van der Waals surface area contributed by atoms with Gasteiger partial charge in [0.2, 0.25) is 0 Å². The number of carbonyl (C=O) groups is 1. The number of aromatic nitrogens is 1. The molecule has 0 spiro atoms. The average Bonchev–Trinajstić information content (AvgIpc) is 2.88. The van der Waals surface area contributed by atoms with Crippen LogP contribution in [0.25, 0.3) is 22.0 Å². The van der Waals surface area contributed by atoms with Crippen molar-refractivity contribution in [1.29, 1.82) is 0 Å². The fourth-order valence-electron chi connectivity index (χ4n) is 5.13. The normalized spacial score (nSPS) is 18.5. The van der Waals surface area contributed by atoms with Crippen LogP contribution in [0.5, 0.6) is 5.75 Å². The number of carbonyl (C=O) groups excluding carboxylic acids is 1. The van der Waals surface area contributed by atoms with Crippen LogP contribution in [-0.2, 0) is 0 Å². The van der Waals surface area contributed by atoms with Crippen LogP contribution >= 0.6 is 0 Å². The van der Waals surface area contributed by atoms with Crippen LogP contribution in [0.3, 0.4) is 0 Å². The lowest BCUT2D eigenvalue weighted by Gasteiger charge is -2.34. The van der Waals surface area contributed by atoms with Crippen LogP contribution in [0, 0.1) is 23.3 Å². The van der Waals surface area contributed by atoms with E-state index in [0.29, 0.717) is 42.3 Å². The number of hydrogen-bond donors (Lipinski definition) is 1. The molecule has 1 saturated carbocycles. The number of halogens is 5. The maximum atomic E-state index is 15.0. The molecule has 1 fully saturated rings. The number of ether oxygens (including phenoxy) is 1. The second kappa shape index (κ2) is 9.27. The van der Waals surface area contributed by atoms with Gasteiger partial charge in [0.1, 0.15) is 30.2 Å². The van der Waals surface area contributed by atoms with Crippen LogP contribution in [0.1, 0.15) is 34.7 Å². The molecule has 0 bridgehead atoms. The first-order valence-corrected chi connectivity index (χ1v) is 12.0. The van der Waals surface area contributed by atoms with Gasteiger partial charge in [0.05, 0.1) is 23.3 Å². The molecule has 1 aliphatic heterocycles. The van der Waals surface area contributed by atoms with Gasteiger partial charge in [-0.25, -0.2) is 22.0 Å². The molecule has 1 N–H and O–H groups in total. The summed E-state index contributed by atoms with van der Waals surface area (Å²) in [6, 6.07) is 10.6. The van der Waals surface area contributed by atoms with Gasteiger partial charge in [0.25, 0.3) is 5.91 Å².